The third kappa shape index (κ3) is 3.21. The predicted molar refractivity (Wildman–Crippen MR) is 62.2 cm³/mol. The molecule has 0 aromatic heterocycles. The van der Waals surface area contributed by atoms with Gasteiger partial charge in [-0.1, -0.05) is 12.1 Å². The molecule has 0 saturated heterocycles. The molecule has 0 heterocycles. The van der Waals surface area contributed by atoms with Crippen LogP contribution in [0.1, 0.15) is 24.1 Å². The monoisotopic (exact) mass is 228 g/mol. The number of hydrogen-bond donors (Lipinski definition) is 2. The van der Waals surface area contributed by atoms with Crippen LogP contribution in [-0.4, -0.2) is 14.7 Å². The molecule has 0 amide bonds. The van der Waals surface area contributed by atoms with E-state index < -0.39 is 10.0 Å². The summed E-state index contributed by atoms with van der Waals surface area (Å²) in [7, 11) is -3.23. The number of anilines is 1. The average Bonchev–Trinajstić information content (AvgIpc) is 2.05. The van der Waals surface area contributed by atoms with E-state index in [4.69, 9.17) is 5.73 Å². The first-order valence-electron chi connectivity index (χ1n) is 4.64. The van der Waals surface area contributed by atoms with Crippen LogP contribution in [0.25, 0.3) is 0 Å². The minimum Gasteiger partial charge on any atom is -0.324 e. The highest BCUT2D eigenvalue weighted by atomic mass is 32.2. The van der Waals surface area contributed by atoms with Gasteiger partial charge in [-0.25, -0.2) is 8.42 Å². The van der Waals surface area contributed by atoms with E-state index in [9.17, 15) is 8.42 Å². The number of nitrogens with one attached hydrogen (secondary N) is 1. The largest absolute Gasteiger partial charge is 0.324 e. The first-order valence-corrected chi connectivity index (χ1v) is 6.53. The zero-order valence-electron chi connectivity index (χ0n) is 9.11. The van der Waals surface area contributed by atoms with Crippen molar-refractivity contribution in [3.63, 3.8) is 0 Å². The molecule has 0 bridgehead atoms. The molecule has 0 aliphatic rings. The first kappa shape index (κ1) is 12.0. The van der Waals surface area contributed by atoms with Gasteiger partial charge in [0, 0.05) is 6.04 Å². The summed E-state index contributed by atoms with van der Waals surface area (Å²) in [5.74, 6) is 0. The second-order valence-electron chi connectivity index (χ2n) is 3.68. The highest BCUT2D eigenvalue weighted by Gasteiger charge is 2.09. The standard InChI is InChI=1S/C10H16N2O2S/c1-7-9(8(2)11)5-4-6-10(7)12-15(3,13)14/h4-6,8,12H,11H2,1-3H3/t8-/m1/s1. The molecule has 84 valence electrons. The minimum atomic E-state index is -3.23. The molecular formula is C10H16N2O2S. The Balaban J connectivity index is 3.16. The molecule has 0 radical (unpaired) electrons. The Morgan fingerprint density at radius 1 is 1.40 bits per heavy atom. The fourth-order valence-corrected chi connectivity index (χ4v) is 2.08. The van der Waals surface area contributed by atoms with Gasteiger partial charge in [0.05, 0.1) is 11.9 Å². The number of nitrogens with two attached hydrogens (primary N) is 1. The zero-order valence-corrected chi connectivity index (χ0v) is 9.93. The zero-order chi connectivity index (χ0) is 11.6. The van der Waals surface area contributed by atoms with Crippen LogP contribution in [0.15, 0.2) is 18.2 Å². The quantitative estimate of drug-likeness (QED) is 0.821. The summed E-state index contributed by atoms with van der Waals surface area (Å²) in [5.41, 5.74) is 8.18. The van der Waals surface area contributed by atoms with Crippen molar-refractivity contribution in [1.29, 1.82) is 0 Å². The van der Waals surface area contributed by atoms with Crippen molar-refractivity contribution in [2.45, 2.75) is 19.9 Å². The van der Waals surface area contributed by atoms with Gasteiger partial charge in [-0.2, -0.15) is 0 Å². The molecule has 15 heavy (non-hydrogen) atoms. The second-order valence-corrected chi connectivity index (χ2v) is 5.43. The van der Waals surface area contributed by atoms with Crippen LogP contribution in [0.3, 0.4) is 0 Å². The lowest BCUT2D eigenvalue weighted by molar-refractivity contribution is 0.606. The van der Waals surface area contributed by atoms with Crippen molar-refractivity contribution >= 4 is 15.7 Å². The molecule has 3 N–H and O–H groups in total. The van der Waals surface area contributed by atoms with Crippen LogP contribution < -0.4 is 10.5 Å². The van der Waals surface area contributed by atoms with E-state index in [0.29, 0.717) is 5.69 Å². The van der Waals surface area contributed by atoms with Crippen LogP contribution in [0.2, 0.25) is 0 Å². The molecule has 1 aromatic carbocycles. The van der Waals surface area contributed by atoms with Crippen molar-refractivity contribution in [2.24, 2.45) is 5.73 Å². The van der Waals surface area contributed by atoms with Crippen molar-refractivity contribution in [2.75, 3.05) is 11.0 Å². The van der Waals surface area contributed by atoms with Crippen LogP contribution in [0.5, 0.6) is 0 Å². The third-order valence-electron chi connectivity index (χ3n) is 2.16. The topological polar surface area (TPSA) is 72.2 Å². The maximum absolute atomic E-state index is 11.1. The van der Waals surface area contributed by atoms with E-state index in [0.717, 1.165) is 17.4 Å². The van der Waals surface area contributed by atoms with Gasteiger partial charge in [0.25, 0.3) is 0 Å². The minimum absolute atomic E-state index is 0.105. The lowest BCUT2D eigenvalue weighted by Gasteiger charge is -2.14. The number of benzene rings is 1. The summed E-state index contributed by atoms with van der Waals surface area (Å²) in [6.45, 7) is 3.72. The van der Waals surface area contributed by atoms with E-state index >= 15 is 0 Å². The van der Waals surface area contributed by atoms with Gasteiger partial charge in [-0.05, 0) is 31.0 Å². The van der Waals surface area contributed by atoms with Gasteiger partial charge >= 0.3 is 0 Å². The molecule has 4 nitrogen and oxygen atoms in total. The fraction of sp³-hybridized carbons (Fsp3) is 0.400. The summed E-state index contributed by atoms with van der Waals surface area (Å²) < 4.78 is 24.6. The number of rotatable bonds is 3. The van der Waals surface area contributed by atoms with E-state index in [1.54, 1.807) is 12.1 Å². The van der Waals surface area contributed by atoms with E-state index in [-0.39, 0.29) is 6.04 Å². The summed E-state index contributed by atoms with van der Waals surface area (Å²) in [6.07, 6.45) is 1.13. The normalized spacial score (nSPS) is 13.6. The Labute approximate surface area is 90.5 Å². The lowest BCUT2D eigenvalue weighted by Crippen LogP contribution is -2.13. The van der Waals surface area contributed by atoms with Crippen molar-refractivity contribution in [3.8, 4) is 0 Å². The van der Waals surface area contributed by atoms with Gasteiger partial charge in [0.2, 0.25) is 10.0 Å². The Morgan fingerprint density at radius 2 is 2.00 bits per heavy atom. The van der Waals surface area contributed by atoms with Crippen LogP contribution >= 0.6 is 0 Å². The maximum Gasteiger partial charge on any atom is 0.229 e. The van der Waals surface area contributed by atoms with E-state index in [1.165, 1.54) is 0 Å². The summed E-state index contributed by atoms with van der Waals surface area (Å²) >= 11 is 0. The van der Waals surface area contributed by atoms with Crippen LogP contribution in [0, 0.1) is 6.92 Å². The van der Waals surface area contributed by atoms with Gasteiger partial charge in [0.1, 0.15) is 0 Å². The molecule has 5 heteroatoms. The van der Waals surface area contributed by atoms with Gasteiger partial charge in [-0.15, -0.1) is 0 Å². The summed E-state index contributed by atoms with van der Waals surface area (Å²) in [5, 5.41) is 0. The maximum atomic E-state index is 11.1. The first-order chi connectivity index (χ1) is 6.81. The van der Waals surface area contributed by atoms with Crippen molar-refractivity contribution in [1.82, 2.24) is 0 Å². The fourth-order valence-electron chi connectivity index (χ4n) is 1.46. The highest BCUT2D eigenvalue weighted by molar-refractivity contribution is 7.92. The van der Waals surface area contributed by atoms with Gasteiger partial charge in [-0.3, -0.25) is 4.72 Å². The average molecular weight is 228 g/mol. The number of hydrogen-bond acceptors (Lipinski definition) is 3. The lowest BCUT2D eigenvalue weighted by atomic mass is 10.0. The van der Waals surface area contributed by atoms with Crippen molar-refractivity contribution in [3.05, 3.63) is 29.3 Å². The van der Waals surface area contributed by atoms with Crippen LogP contribution in [0.4, 0.5) is 5.69 Å². The number of sulfonamides is 1. The van der Waals surface area contributed by atoms with Crippen molar-refractivity contribution < 1.29 is 8.42 Å². The Kier molecular flexibility index (Phi) is 3.36. The van der Waals surface area contributed by atoms with E-state index in [2.05, 4.69) is 4.72 Å². The second kappa shape index (κ2) is 4.20. The molecule has 0 saturated carbocycles. The Hall–Kier alpha value is -1.07. The third-order valence-corrected chi connectivity index (χ3v) is 2.75. The molecule has 0 aliphatic heterocycles. The van der Waals surface area contributed by atoms with Gasteiger partial charge in [0.15, 0.2) is 0 Å². The van der Waals surface area contributed by atoms with E-state index in [1.807, 2.05) is 19.9 Å². The molecular weight excluding hydrogens is 212 g/mol. The highest BCUT2D eigenvalue weighted by Crippen LogP contribution is 2.23. The molecule has 1 aromatic rings. The molecule has 1 atom stereocenters. The Morgan fingerprint density at radius 3 is 2.47 bits per heavy atom. The van der Waals surface area contributed by atoms with Crippen LogP contribution in [-0.2, 0) is 10.0 Å². The molecule has 0 fully saturated rings. The molecule has 0 spiro atoms. The Bertz CT molecular complexity index is 452. The summed E-state index contributed by atoms with van der Waals surface area (Å²) in [6, 6.07) is 5.31. The van der Waals surface area contributed by atoms with Gasteiger partial charge < -0.3 is 5.73 Å². The molecule has 1 rings (SSSR count). The molecule has 0 unspecified atom stereocenters. The SMILES string of the molecule is Cc1c(NS(C)(=O)=O)cccc1[C@@H](C)N. The smallest absolute Gasteiger partial charge is 0.229 e. The predicted octanol–water partition coefficient (Wildman–Crippen LogP) is 1.39. The summed E-state index contributed by atoms with van der Waals surface area (Å²) in [4.78, 5) is 0. The molecule has 0 aliphatic carbocycles.